The average molecular weight is 456 g/mol. The highest BCUT2D eigenvalue weighted by atomic mass is 16.6. The van der Waals surface area contributed by atoms with Crippen LogP contribution in [0.4, 0.5) is 0 Å². The monoisotopic (exact) mass is 456 g/mol. The van der Waals surface area contributed by atoms with Gasteiger partial charge in [0.05, 0.1) is 19.2 Å². The van der Waals surface area contributed by atoms with E-state index in [1.54, 1.807) is 0 Å². The zero-order valence-electron chi connectivity index (χ0n) is 18.6. The zero-order chi connectivity index (χ0) is 24.3. The molecule has 1 aliphatic heterocycles. The molecule has 0 aromatic heterocycles. The van der Waals surface area contributed by atoms with E-state index in [9.17, 15) is 19.2 Å². The highest BCUT2D eigenvalue weighted by Gasteiger charge is 2.46. The molecule has 1 N–H and O–H groups in total. The SMILES string of the molecule is CCCO[C@@H]([C@@H]1OC(C(=O)OC)=C[C@H](N=[N+]=[N-])[C@H]1NC(C)=O)[C@@H](COC(C)=O)OC(C)=O. The number of carbonyl (C=O) groups excluding carboxylic acids is 4. The second-order valence-corrected chi connectivity index (χ2v) is 6.81. The minimum Gasteiger partial charge on any atom is -0.478 e. The first-order valence-corrected chi connectivity index (χ1v) is 9.84. The molecule has 0 aliphatic carbocycles. The van der Waals surface area contributed by atoms with Gasteiger partial charge in [0.25, 0.3) is 0 Å². The number of nitrogens with zero attached hydrogens (tertiary/aromatic N) is 3. The summed E-state index contributed by atoms with van der Waals surface area (Å²) in [6.45, 7) is 5.22. The molecule has 13 heteroatoms. The summed E-state index contributed by atoms with van der Waals surface area (Å²) in [7, 11) is 1.14. The van der Waals surface area contributed by atoms with Gasteiger partial charge >= 0.3 is 17.9 Å². The topological polar surface area (TPSA) is 175 Å². The van der Waals surface area contributed by atoms with Crippen LogP contribution in [0.5, 0.6) is 0 Å². The number of methoxy groups -OCH3 is 1. The molecule has 0 radical (unpaired) electrons. The summed E-state index contributed by atoms with van der Waals surface area (Å²) < 4.78 is 26.7. The smallest absolute Gasteiger partial charge is 0.372 e. The van der Waals surface area contributed by atoms with Crippen LogP contribution in [0.15, 0.2) is 16.9 Å². The summed E-state index contributed by atoms with van der Waals surface area (Å²) in [4.78, 5) is 49.9. The quantitative estimate of drug-likeness (QED) is 0.156. The Labute approximate surface area is 185 Å². The van der Waals surface area contributed by atoms with Crippen LogP contribution < -0.4 is 5.32 Å². The van der Waals surface area contributed by atoms with Gasteiger partial charge in [0.2, 0.25) is 11.7 Å². The molecule has 178 valence electrons. The highest BCUT2D eigenvalue weighted by molar-refractivity contribution is 5.86. The van der Waals surface area contributed by atoms with Crippen molar-refractivity contribution in [2.75, 3.05) is 20.3 Å². The van der Waals surface area contributed by atoms with Crippen molar-refractivity contribution in [3.8, 4) is 0 Å². The molecule has 1 amide bonds. The standard InChI is InChI=1S/C19H28N4O9/c1-6-7-29-17(15(31-12(4)26)9-30-11(3)25)18-16(21-10(2)24)13(22-23-20)8-14(32-18)19(27)28-5/h8,13,15-18H,6-7,9H2,1-5H3,(H,21,24)/t13-,15+,16+,17+,18+/m0/s1. The lowest BCUT2D eigenvalue weighted by Gasteiger charge is -2.41. The summed E-state index contributed by atoms with van der Waals surface area (Å²) >= 11 is 0. The fourth-order valence-corrected chi connectivity index (χ4v) is 3.04. The summed E-state index contributed by atoms with van der Waals surface area (Å²) in [5.41, 5.74) is 8.99. The Morgan fingerprint density at radius 2 is 1.94 bits per heavy atom. The van der Waals surface area contributed by atoms with Gasteiger partial charge in [0.1, 0.15) is 18.8 Å². The largest absolute Gasteiger partial charge is 0.478 e. The van der Waals surface area contributed by atoms with Crippen LogP contribution in [0.1, 0.15) is 34.1 Å². The van der Waals surface area contributed by atoms with E-state index < -0.39 is 54.2 Å². The average Bonchev–Trinajstić information content (AvgIpc) is 2.72. The molecule has 0 saturated heterocycles. The first-order valence-electron chi connectivity index (χ1n) is 9.84. The summed E-state index contributed by atoms with van der Waals surface area (Å²) in [6.07, 6.45) is -1.69. The van der Waals surface area contributed by atoms with E-state index in [2.05, 4.69) is 15.3 Å². The minimum atomic E-state index is -1.18. The van der Waals surface area contributed by atoms with Gasteiger partial charge in [0.15, 0.2) is 6.10 Å². The number of nitrogens with one attached hydrogen (secondary N) is 1. The third-order valence-corrected chi connectivity index (χ3v) is 4.22. The molecule has 32 heavy (non-hydrogen) atoms. The fourth-order valence-electron chi connectivity index (χ4n) is 3.04. The predicted octanol–water partition coefficient (Wildman–Crippen LogP) is 0.916. The summed E-state index contributed by atoms with van der Waals surface area (Å²) in [5, 5.41) is 6.27. The van der Waals surface area contributed by atoms with Gasteiger partial charge in [-0.2, -0.15) is 0 Å². The van der Waals surface area contributed by atoms with Crippen molar-refractivity contribution in [2.24, 2.45) is 5.11 Å². The molecular weight excluding hydrogens is 428 g/mol. The lowest BCUT2D eigenvalue weighted by molar-refractivity contribution is -0.182. The van der Waals surface area contributed by atoms with Crippen LogP contribution >= 0.6 is 0 Å². The number of azide groups is 1. The Hall–Kier alpha value is -3.31. The summed E-state index contributed by atoms with van der Waals surface area (Å²) in [6, 6.07) is -2.06. The highest BCUT2D eigenvalue weighted by Crippen LogP contribution is 2.28. The predicted molar refractivity (Wildman–Crippen MR) is 108 cm³/mol. The number of carbonyl (C=O) groups is 4. The van der Waals surface area contributed by atoms with Gasteiger partial charge < -0.3 is 29.0 Å². The van der Waals surface area contributed by atoms with Crippen LogP contribution in [0, 0.1) is 0 Å². The Bertz CT molecular complexity index is 779. The molecule has 13 nitrogen and oxygen atoms in total. The lowest BCUT2D eigenvalue weighted by atomic mass is 9.92. The molecule has 5 atom stereocenters. The number of ether oxygens (including phenoxy) is 5. The van der Waals surface area contributed by atoms with Crippen molar-refractivity contribution < 1.29 is 42.9 Å². The van der Waals surface area contributed by atoms with Gasteiger partial charge in [-0.3, -0.25) is 14.4 Å². The number of hydrogen-bond acceptors (Lipinski definition) is 10. The molecule has 0 spiro atoms. The molecule has 0 bridgehead atoms. The van der Waals surface area contributed by atoms with Crippen molar-refractivity contribution in [3.05, 3.63) is 22.3 Å². The fraction of sp³-hybridized carbons (Fsp3) is 0.684. The molecule has 1 heterocycles. The van der Waals surface area contributed by atoms with E-state index in [1.807, 2.05) is 6.92 Å². The number of hydrogen-bond donors (Lipinski definition) is 1. The molecule has 0 fully saturated rings. The van der Waals surface area contributed by atoms with E-state index in [0.717, 1.165) is 14.0 Å². The minimum absolute atomic E-state index is 0.179. The molecule has 1 aliphatic rings. The lowest BCUT2D eigenvalue weighted by Crippen LogP contribution is -2.60. The molecule has 0 saturated carbocycles. The second kappa shape index (κ2) is 13.2. The Balaban J connectivity index is 3.52. The van der Waals surface area contributed by atoms with Crippen LogP contribution in [-0.2, 0) is 42.9 Å². The van der Waals surface area contributed by atoms with E-state index in [0.29, 0.717) is 6.42 Å². The Kier molecular flexibility index (Phi) is 11.0. The van der Waals surface area contributed by atoms with Crippen molar-refractivity contribution >= 4 is 23.8 Å². The molecule has 0 aromatic rings. The van der Waals surface area contributed by atoms with E-state index in [1.165, 1.54) is 19.9 Å². The molecular formula is C19H28N4O9. The van der Waals surface area contributed by atoms with Crippen molar-refractivity contribution in [2.45, 2.75) is 64.5 Å². The van der Waals surface area contributed by atoms with Gasteiger partial charge in [-0.25, -0.2) is 4.79 Å². The van der Waals surface area contributed by atoms with Crippen LogP contribution in [0.25, 0.3) is 10.4 Å². The maximum atomic E-state index is 12.2. The van der Waals surface area contributed by atoms with Gasteiger partial charge in [0, 0.05) is 32.3 Å². The molecule has 0 unspecified atom stereocenters. The van der Waals surface area contributed by atoms with Crippen molar-refractivity contribution in [1.82, 2.24) is 5.32 Å². The number of amides is 1. The summed E-state index contributed by atoms with van der Waals surface area (Å²) in [5.74, 6) is -2.92. The maximum Gasteiger partial charge on any atom is 0.372 e. The maximum absolute atomic E-state index is 12.2. The van der Waals surface area contributed by atoms with Crippen LogP contribution in [-0.4, -0.2) is 74.5 Å². The van der Waals surface area contributed by atoms with Crippen molar-refractivity contribution in [3.63, 3.8) is 0 Å². The van der Waals surface area contributed by atoms with E-state index >= 15 is 0 Å². The zero-order valence-corrected chi connectivity index (χ0v) is 18.6. The third-order valence-electron chi connectivity index (χ3n) is 4.22. The number of rotatable bonds is 11. The first-order chi connectivity index (χ1) is 15.1. The first kappa shape index (κ1) is 26.7. The normalized spacial score (nSPS) is 21.5. The van der Waals surface area contributed by atoms with E-state index in [-0.39, 0.29) is 19.0 Å². The van der Waals surface area contributed by atoms with Crippen molar-refractivity contribution in [1.29, 1.82) is 0 Å². The third kappa shape index (κ3) is 8.08. The van der Waals surface area contributed by atoms with Crippen LogP contribution in [0.3, 0.4) is 0 Å². The van der Waals surface area contributed by atoms with Gasteiger partial charge in [-0.05, 0) is 18.0 Å². The molecule has 0 aromatic carbocycles. The van der Waals surface area contributed by atoms with Gasteiger partial charge in [-0.1, -0.05) is 12.0 Å². The molecule has 1 rings (SSSR count). The second-order valence-electron chi connectivity index (χ2n) is 6.81. The Morgan fingerprint density at radius 3 is 2.44 bits per heavy atom. The number of esters is 3. The Morgan fingerprint density at radius 1 is 1.25 bits per heavy atom. The van der Waals surface area contributed by atoms with Gasteiger partial charge in [-0.15, -0.1) is 0 Å². The van der Waals surface area contributed by atoms with E-state index in [4.69, 9.17) is 29.2 Å². The van der Waals surface area contributed by atoms with Crippen LogP contribution in [0.2, 0.25) is 0 Å².